The highest BCUT2D eigenvalue weighted by Gasteiger charge is 2.32. The zero-order chi connectivity index (χ0) is 21.3. The molecule has 0 bridgehead atoms. The van der Waals surface area contributed by atoms with Gasteiger partial charge in [0, 0.05) is 18.7 Å². The molecule has 0 aliphatic carbocycles. The number of aromatic nitrogens is 1. The van der Waals surface area contributed by atoms with Crippen LogP contribution in [0.15, 0.2) is 85.1 Å². The van der Waals surface area contributed by atoms with Crippen LogP contribution in [0.2, 0.25) is 0 Å². The second kappa shape index (κ2) is 10.3. The van der Waals surface area contributed by atoms with Crippen LogP contribution in [0.4, 0.5) is 0 Å². The van der Waals surface area contributed by atoms with Gasteiger partial charge in [0.1, 0.15) is 6.04 Å². The van der Waals surface area contributed by atoms with Crippen LogP contribution in [0.3, 0.4) is 0 Å². The van der Waals surface area contributed by atoms with Crippen LogP contribution in [-0.4, -0.2) is 21.7 Å². The molecule has 2 amide bonds. The summed E-state index contributed by atoms with van der Waals surface area (Å²) in [7, 11) is 0. The third-order valence-electron chi connectivity index (χ3n) is 4.82. The molecule has 1 N–H and O–H groups in total. The van der Waals surface area contributed by atoms with E-state index in [2.05, 4.69) is 10.3 Å². The van der Waals surface area contributed by atoms with E-state index in [-0.39, 0.29) is 17.7 Å². The van der Waals surface area contributed by atoms with Crippen molar-refractivity contribution in [2.75, 3.05) is 0 Å². The molecule has 5 nitrogen and oxygen atoms in total. The van der Waals surface area contributed by atoms with Crippen molar-refractivity contribution in [2.24, 2.45) is 5.92 Å². The summed E-state index contributed by atoms with van der Waals surface area (Å²) in [6.45, 7) is 4.37. The summed E-state index contributed by atoms with van der Waals surface area (Å²) < 4.78 is 0. The number of amides is 2. The van der Waals surface area contributed by atoms with Gasteiger partial charge in [-0.1, -0.05) is 80.6 Å². The topological polar surface area (TPSA) is 62.3 Å². The van der Waals surface area contributed by atoms with Crippen LogP contribution in [-0.2, 0) is 22.7 Å². The number of carbonyl (C=O) groups is 2. The fourth-order valence-electron chi connectivity index (χ4n) is 3.29. The Morgan fingerprint density at radius 3 is 2.13 bits per heavy atom. The zero-order valence-corrected chi connectivity index (χ0v) is 17.4. The molecule has 0 fully saturated rings. The van der Waals surface area contributed by atoms with Crippen LogP contribution in [0.25, 0.3) is 0 Å². The summed E-state index contributed by atoms with van der Waals surface area (Å²) in [5, 5.41) is 2.96. The molecule has 1 atom stereocenters. The van der Waals surface area contributed by atoms with E-state index < -0.39 is 6.04 Å². The Labute approximate surface area is 177 Å². The fourth-order valence-corrected chi connectivity index (χ4v) is 3.29. The highest BCUT2D eigenvalue weighted by Crippen LogP contribution is 2.25. The summed E-state index contributed by atoms with van der Waals surface area (Å²) in [5.74, 6) is -0.527. The van der Waals surface area contributed by atoms with Crippen LogP contribution in [0, 0.1) is 5.92 Å². The van der Waals surface area contributed by atoms with Crippen molar-refractivity contribution in [1.82, 2.24) is 15.2 Å². The molecule has 0 saturated carbocycles. The molecule has 0 radical (unpaired) electrons. The fraction of sp³-hybridized carbons (Fsp3) is 0.240. The Morgan fingerprint density at radius 1 is 0.900 bits per heavy atom. The maximum Gasteiger partial charge on any atom is 0.247 e. The normalized spacial score (nSPS) is 11.7. The van der Waals surface area contributed by atoms with Crippen LogP contribution in [0.5, 0.6) is 0 Å². The van der Waals surface area contributed by atoms with Crippen molar-refractivity contribution in [3.63, 3.8) is 0 Å². The van der Waals surface area contributed by atoms with E-state index in [1.165, 1.54) is 0 Å². The molecular formula is C25H27N3O2. The summed E-state index contributed by atoms with van der Waals surface area (Å²) in [5.41, 5.74) is 2.52. The number of rotatable bonds is 8. The molecule has 3 aromatic rings. The number of hydrogen-bond acceptors (Lipinski definition) is 3. The first-order chi connectivity index (χ1) is 14.6. The van der Waals surface area contributed by atoms with Gasteiger partial charge in [-0.15, -0.1) is 0 Å². The second-order valence-corrected chi connectivity index (χ2v) is 7.46. The molecule has 2 aromatic carbocycles. The summed E-state index contributed by atoms with van der Waals surface area (Å²) in [6.07, 6.45) is 1.69. The highest BCUT2D eigenvalue weighted by atomic mass is 16.2. The van der Waals surface area contributed by atoms with Gasteiger partial charge in [-0.05, 0) is 23.3 Å². The summed E-state index contributed by atoms with van der Waals surface area (Å²) in [6, 6.07) is 24.0. The molecule has 1 heterocycles. The molecule has 3 rings (SSSR count). The smallest absolute Gasteiger partial charge is 0.247 e. The van der Waals surface area contributed by atoms with Crippen molar-refractivity contribution in [3.8, 4) is 0 Å². The number of pyridine rings is 1. The Kier molecular flexibility index (Phi) is 7.33. The maximum atomic E-state index is 13.3. The standard InChI is InChI=1S/C25H27N3O2/c1-19(2)25(30)28(18-20-11-5-3-6-12-20)23(21-13-7-4-8-14-21)24(29)27-17-22-15-9-10-16-26-22/h3-16,19,23H,17-18H2,1-2H3,(H,27,29)/t23-/m1/s1. The molecule has 30 heavy (non-hydrogen) atoms. The lowest BCUT2D eigenvalue weighted by atomic mass is 10.0. The van der Waals surface area contributed by atoms with E-state index in [1.807, 2.05) is 92.7 Å². The van der Waals surface area contributed by atoms with Crippen molar-refractivity contribution in [3.05, 3.63) is 102 Å². The molecule has 0 spiro atoms. The predicted octanol–water partition coefficient (Wildman–Crippen LogP) is 4.12. The Morgan fingerprint density at radius 2 is 1.53 bits per heavy atom. The van der Waals surface area contributed by atoms with Gasteiger partial charge in [0.15, 0.2) is 0 Å². The second-order valence-electron chi connectivity index (χ2n) is 7.46. The van der Waals surface area contributed by atoms with Crippen LogP contribution >= 0.6 is 0 Å². The zero-order valence-electron chi connectivity index (χ0n) is 17.4. The van der Waals surface area contributed by atoms with Gasteiger partial charge in [-0.3, -0.25) is 14.6 Å². The monoisotopic (exact) mass is 401 g/mol. The number of carbonyl (C=O) groups excluding carboxylic acids is 2. The Hall–Kier alpha value is -3.47. The lowest BCUT2D eigenvalue weighted by Gasteiger charge is -2.33. The van der Waals surface area contributed by atoms with Crippen molar-refractivity contribution < 1.29 is 9.59 Å². The SMILES string of the molecule is CC(C)C(=O)N(Cc1ccccc1)[C@@H](C(=O)NCc1ccccn1)c1ccccc1. The van der Waals surface area contributed by atoms with Gasteiger partial charge in [0.2, 0.25) is 11.8 Å². The number of nitrogens with one attached hydrogen (secondary N) is 1. The van der Waals surface area contributed by atoms with Gasteiger partial charge in [0.05, 0.1) is 12.2 Å². The summed E-state index contributed by atoms with van der Waals surface area (Å²) >= 11 is 0. The molecule has 154 valence electrons. The lowest BCUT2D eigenvalue weighted by molar-refractivity contribution is -0.144. The van der Waals surface area contributed by atoms with E-state index in [4.69, 9.17) is 0 Å². The van der Waals surface area contributed by atoms with Crippen LogP contribution in [0.1, 0.15) is 36.7 Å². The van der Waals surface area contributed by atoms with Crippen molar-refractivity contribution in [1.29, 1.82) is 0 Å². The Bertz CT molecular complexity index is 944. The van der Waals surface area contributed by atoms with E-state index in [0.29, 0.717) is 13.1 Å². The van der Waals surface area contributed by atoms with E-state index in [1.54, 1.807) is 11.1 Å². The first-order valence-corrected chi connectivity index (χ1v) is 10.1. The van der Waals surface area contributed by atoms with E-state index in [9.17, 15) is 9.59 Å². The number of benzene rings is 2. The van der Waals surface area contributed by atoms with E-state index >= 15 is 0 Å². The molecule has 0 aliphatic heterocycles. The minimum Gasteiger partial charge on any atom is -0.348 e. The number of nitrogens with zero attached hydrogens (tertiary/aromatic N) is 2. The quantitative estimate of drug-likeness (QED) is 0.617. The largest absolute Gasteiger partial charge is 0.348 e. The number of hydrogen-bond donors (Lipinski definition) is 1. The Balaban J connectivity index is 1.92. The molecule has 1 aromatic heterocycles. The minimum absolute atomic E-state index is 0.0688. The average Bonchev–Trinajstić information content (AvgIpc) is 2.79. The molecule has 0 aliphatic rings. The van der Waals surface area contributed by atoms with Gasteiger partial charge in [-0.2, -0.15) is 0 Å². The van der Waals surface area contributed by atoms with Crippen molar-refractivity contribution in [2.45, 2.75) is 33.0 Å². The summed E-state index contributed by atoms with van der Waals surface area (Å²) in [4.78, 5) is 32.5. The van der Waals surface area contributed by atoms with E-state index in [0.717, 1.165) is 16.8 Å². The predicted molar refractivity (Wildman–Crippen MR) is 117 cm³/mol. The first kappa shape index (κ1) is 21.2. The molecular weight excluding hydrogens is 374 g/mol. The third kappa shape index (κ3) is 5.54. The van der Waals surface area contributed by atoms with Gasteiger partial charge in [-0.25, -0.2) is 0 Å². The molecule has 0 unspecified atom stereocenters. The maximum absolute atomic E-state index is 13.3. The minimum atomic E-state index is -0.731. The van der Waals surface area contributed by atoms with Gasteiger partial charge >= 0.3 is 0 Å². The molecule has 0 saturated heterocycles. The average molecular weight is 402 g/mol. The first-order valence-electron chi connectivity index (χ1n) is 10.1. The van der Waals surface area contributed by atoms with Crippen LogP contribution < -0.4 is 5.32 Å². The highest BCUT2D eigenvalue weighted by molar-refractivity contribution is 5.89. The van der Waals surface area contributed by atoms with Gasteiger partial charge < -0.3 is 10.2 Å². The third-order valence-corrected chi connectivity index (χ3v) is 4.82. The van der Waals surface area contributed by atoms with Crippen molar-refractivity contribution >= 4 is 11.8 Å². The lowest BCUT2D eigenvalue weighted by Crippen LogP contribution is -2.44. The molecule has 5 heteroatoms. The van der Waals surface area contributed by atoms with Gasteiger partial charge in [0.25, 0.3) is 0 Å².